The quantitative estimate of drug-likeness (QED) is 0.838. The molecule has 2 saturated heterocycles. The second kappa shape index (κ2) is 6.23. The standard InChI is InChI=1S/C15H29N3O/c1-15(2,3)6-8-17-9-11-18(12-10-17)14(19)13-5-4-7-16-13/h13,16H,4-12H2,1-3H3. The monoisotopic (exact) mass is 267 g/mol. The van der Waals surface area contributed by atoms with E-state index in [1.54, 1.807) is 0 Å². The van der Waals surface area contributed by atoms with Gasteiger partial charge in [-0.2, -0.15) is 0 Å². The molecule has 2 aliphatic rings. The second-order valence-electron chi connectivity index (χ2n) is 7.13. The molecule has 4 heteroatoms. The lowest BCUT2D eigenvalue weighted by atomic mass is 9.92. The van der Waals surface area contributed by atoms with Gasteiger partial charge in [-0.3, -0.25) is 9.69 Å². The van der Waals surface area contributed by atoms with Crippen molar-refractivity contribution >= 4 is 5.91 Å². The Morgan fingerprint density at radius 2 is 1.89 bits per heavy atom. The van der Waals surface area contributed by atoms with Gasteiger partial charge in [-0.1, -0.05) is 20.8 Å². The van der Waals surface area contributed by atoms with Crippen LogP contribution in [0.3, 0.4) is 0 Å². The molecule has 4 nitrogen and oxygen atoms in total. The first-order valence-electron chi connectivity index (χ1n) is 7.70. The third-order valence-corrected chi connectivity index (χ3v) is 4.22. The van der Waals surface area contributed by atoms with E-state index in [4.69, 9.17) is 0 Å². The van der Waals surface area contributed by atoms with Gasteiger partial charge in [0.2, 0.25) is 5.91 Å². The summed E-state index contributed by atoms with van der Waals surface area (Å²) in [6, 6.07) is 0.0983. The van der Waals surface area contributed by atoms with Gasteiger partial charge >= 0.3 is 0 Å². The number of piperazine rings is 1. The molecule has 0 aliphatic carbocycles. The topological polar surface area (TPSA) is 35.6 Å². The van der Waals surface area contributed by atoms with Crippen molar-refractivity contribution in [1.82, 2.24) is 15.1 Å². The van der Waals surface area contributed by atoms with Crippen molar-refractivity contribution in [3.8, 4) is 0 Å². The first-order valence-corrected chi connectivity index (χ1v) is 7.70. The van der Waals surface area contributed by atoms with Gasteiger partial charge in [0.25, 0.3) is 0 Å². The van der Waals surface area contributed by atoms with Gasteiger partial charge in [-0.05, 0) is 37.8 Å². The summed E-state index contributed by atoms with van der Waals surface area (Å²) in [7, 11) is 0. The van der Waals surface area contributed by atoms with Crippen LogP contribution < -0.4 is 5.32 Å². The second-order valence-corrected chi connectivity index (χ2v) is 7.13. The number of hydrogen-bond donors (Lipinski definition) is 1. The largest absolute Gasteiger partial charge is 0.339 e. The van der Waals surface area contributed by atoms with Crippen LogP contribution in [0.1, 0.15) is 40.0 Å². The Labute approximate surface area is 117 Å². The molecule has 2 aliphatic heterocycles. The van der Waals surface area contributed by atoms with Crippen molar-refractivity contribution in [2.24, 2.45) is 5.41 Å². The first kappa shape index (κ1) is 14.8. The fraction of sp³-hybridized carbons (Fsp3) is 0.933. The maximum atomic E-state index is 12.3. The lowest BCUT2D eigenvalue weighted by Crippen LogP contribution is -2.53. The van der Waals surface area contributed by atoms with Crippen LogP contribution in [0.5, 0.6) is 0 Å². The zero-order valence-corrected chi connectivity index (χ0v) is 12.7. The van der Waals surface area contributed by atoms with Crippen molar-refractivity contribution in [2.75, 3.05) is 39.3 Å². The van der Waals surface area contributed by atoms with E-state index in [1.807, 2.05) is 0 Å². The highest BCUT2D eigenvalue weighted by atomic mass is 16.2. The van der Waals surface area contributed by atoms with Crippen LogP contribution in [0, 0.1) is 5.41 Å². The SMILES string of the molecule is CC(C)(C)CCN1CCN(C(=O)C2CCCN2)CC1. The molecule has 1 N–H and O–H groups in total. The third kappa shape index (κ3) is 4.46. The van der Waals surface area contributed by atoms with Crippen LogP contribution in [-0.4, -0.2) is 61.0 Å². The highest BCUT2D eigenvalue weighted by Crippen LogP contribution is 2.19. The Balaban J connectivity index is 1.71. The number of nitrogens with one attached hydrogen (secondary N) is 1. The van der Waals surface area contributed by atoms with Crippen molar-refractivity contribution in [3.05, 3.63) is 0 Å². The molecule has 0 radical (unpaired) electrons. The zero-order chi connectivity index (χ0) is 13.9. The van der Waals surface area contributed by atoms with E-state index >= 15 is 0 Å². The van der Waals surface area contributed by atoms with Crippen molar-refractivity contribution in [2.45, 2.75) is 46.1 Å². The van der Waals surface area contributed by atoms with Gasteiger partial charge in [0.05, 0.1) is 6.04 Å². The Morgan fingerprint density at radius 1 is 1.21 bits per heavy atom. The summed E-state index contributed by atoms with van der Waals surface area (Å²) in [6.45, 7) is 12.9. The molecule has 0 aromatic heterocycles. The number of amides is 1. The molecule has 19 heavy (non-hydrogen) atoms. The molecule has 0 spiro atoms. The molecule has 2 fully saturated rings. The van der Waals surface area contributed by atoms with Crippen LogP contribution in [0.15, 0.2) is 0 Å². The molecule has 1 amide bonds. The number of carbonyl (C=O) groups is 1. The predicted octanol–water partition coefficient (Wildman–Crippen LogP) is 1.32. The number of hydrogen-bond acceptors (Lipinski definition) is 3. The lowest BCUT2D eigenvalue weighted by Gasteiger charge is -2.37. The molecule has 0 saturated carbocycles. The molecule has 0 aromatic carbocycles. The highest BCUT2D eigenvalue weighted by molar-refractivity contribution is 5.82. The summed E-state index contributed by atoms with van der Waals surface area (Å²) in [5, 5.41) is 3.31. The smallest absolute Gasteiger partial charge is 0.239 e. The summed E-state index contributed by atoms with van der Waals surface area (Å²) in [5.41, 5.74) is 0.403. The van der Waals surface area contributed by atoms with Crippen molar-refractivity contribution < 1.29 is 4.79 Å². The molecule has 1 unspecified atom stereocenters. The maximum absolute atomic E-state index is 12.3. The van der Waals surface area contributed by atoms with E-state index < -0.39 is 0 Å². The molecule has 0 aromatic rings. The number of nitrogens with zero attached hydrogens (tertiary/aromatic N) is 2. The van der Waals surface area contributed by atoms with E-state index in [2.05, 4.69) is 35.9 Å². The van der Waals surface area contributed by atoms with Gasteiger partial charge in [0, 0.05) is 26.2 Å². The summed E-state index contributed by atoms with van der Waals surface area (Å²) < 4.78 is 0. The van der Waals surface area contributed by atoms with Gasteiger partial charge in [-0.15, -0.1) is 0 Å². The fourth-order valence-corrected chi connectivity index (χ4v) is 2.80. The van der Waals surface area contributed by atoms with Crippen molar-refractivity contribution in [1.29, 1.82) is 0 Å². The van der Waals surface area contributed by atoms with E-state index in [0.717, 1.165) is 52.1 Å². The first-order chi connectivity index (χ1) is 8.96. The Hall–Kier alpha value is -0.610. The Bertz CT molecular complexity index is 297. The summed E-state index contributed by atoms with van der Waals surface area (Å²) in [4.78, 5) is 16.8. The van der Waals surface area contributed by atoms with E-state index in [0.29, 0.717) is 11.3 Å². The van der Waals surface area contributed by atoms with Crippen LogP contribution >= 0.6 is 0 Å². The average Bonchev–Trinajstić information content (AvgIpc) is 2.89. The lowest BCUT2D eigenvalue weighted by molar-refractivity contribution is -0.134. The maximum Gasteiger partial charge on any atom is 0.239 e. The normalized spacial score (nSPS) is 25.8. The van der Waals surface area contributed by atoms with Crippen molar-refractivity contribution in [3.63, 3.8) is 0 Å². The molecular formula is C15H29N3O. The molecule has 2 heterocycles. The van der Waals surface area contributed by atoms with Crippen LogP contribution in [0.4, 0.5) is 0 Å². The minimum absolute atomic E-state index is 0.0983. The van der Waals surface area contributed by atoms with E-state index in [-0.39, 0.29) is 6.04 Å². The van der Waals surface area contributed by atoms with Crippen LogP contribution in [0.25, 0.3) is 0 Å². The summed E-state index contributed by atoms with van der Waals surface area (Å²) in [5.74, 6) is 0.327. The average molecular weight is 267 g/mol. The van der Waals surface area contributed by atoms with Gasteiger partial charge in [-0.25, -0.2) is 0 Å². The Morgan fingerprint density at radius 3 is 2.42 bits per heavy atom. The fourth-order valence-electron chi connectivity index (χ4n) is 2.80. The zero-order valence-electron chi connectivity index (χ0n) is 12.7. The molecular weight excluding hydrogens is 238 g/mol. The van der Waals surface area contributed by atoms with Crippen LogP contribution in [0.2, 0.25) is 0 Å². The molecule has 110 valence electrons. The van der Waals surface area contributed by atoms with Gasteiger partial charge in [0.15, 0.2) is 0 Å². The highest BCUT2D eigenvalue weighted by Gasteiger charge is 2.29. The van der Waals surface area contributed by atoms with Gasteiger partial charge < -0.3 is 10.2 Å². The van der Waals surface area contributed by atoms with E-state index in [1.165, 1.54) is 6.42 Å². The molecule has 1 atom stereocenters. The molecule has 0 bridgehead atoms. The number of rotatable bonds is 3. The van der Waals surface area contributed by atoms with E-state index in [9.17, 15) is 4.79 Å². The predicted molar refractivity (Wildman–Crippen MR) is 78.1 cm³/mol. The summed E-state index contributed by atoms with van der Waals surface area (Å²) in [6.07, 6.45) is 3.39. The Kier molecular flexibility index (Phi) is 4.85. The van der Waals surface area contributed by atoms with Crippen LogP contribution in [-0.2, 0) is 4.79 Å². The third-order valence-electron chi connectivity index (χ3n) is 4.22. The minimum Gasteiger partial charge on any atom is -0.339 e. The summed E-state index contributed by atoms with van der Waals surface area (Å²) >= 11 is 0. The minimum atomic E-state index is 0.0983. The number of carbonyl (C=O) groups excluding carboxylic acids is 1. The molecule has 2 rings (SSSR count). The van der Waals surface area contributed by atoms with Gasteiger partial charge in [0.1, 0.15) is 0 Å².